The van der Waals surface area contributed by atoms with E-state index >= 15 is 0 Å². The molecule has 1 aliphatic carbocycles. The van der Waals surface area contributed by atoms with Crippen molar-refractivity contribution in [3.63, 3.8) is 0 Å². The molecule has 2 amide bonds. The minimum atomic E-state index is -3.73. The standard InChI is InChI=1S/C23H26N6O5S/c1-28-23(32)19-16(12-18(25-20(19)27-28)26-21(30)13-5-6-13)24-15-8-7-14(11-17(15)35(2,33)34)22(31)29-9-3-4-10-29/h7-8,11-13H,3-6,9-10H2,1-2H3,(H3,24,25,26,27,30). The average molecular weight is 499 g/mol. The van der Waals surface area contributed by atoms with Crippen LogP contribution in [0.4, 0.5) is 17.2 Å². The molecular formula is C23H26N6O5S. The van der Waals surface area contributed by atoms with Crippen LogP contribution in [0.25, 0.3) is 11.0 Å². The molecular weight excluding hydrogens is 472 g/mol. The van der Waals surface area contributed by atoms with Gasteiger partial charge in [0.05, 0.1) is 16.3 Å². The zero-order valence-corrected chi connectivity index (χ0v) is 20.2. The third-order valence-corrected chi connectivity index (χ3v) is 7.44. The van der Waals surface area contributed by atoms with Crippen LogP contribution < -0.4 is 16.2 Å². The van der Waals surface area contributed by atoms with Gasteiger partial charge in [-0.25, -0.2) is 13.4 Å². The molecule has 3 N–H and O–H groups in total. The topological polar surface area (TPSA) is 146 Å². The number of H-pyrrole nitrogens is 1. The minimum Gasteiger partial charge on any atom is -0.354 e. The highest BCUT2D eigenvalue weighted by atomic mass is 32.2. The van der Waals surface area contributed by atoms with Gasteiger partial charge < -0.3 is 15.5 Å². The Bertz CT molecular complexity index is 1510. The van der Waals surface area contributed by atoms with Gasteiger partial charge >= 0.3 is 0 Å². The maximum Gasteiger partial charge on any atom is 0.277 e. The molecule has 1 aromatic carbocycles. The zero-order chi connectivity index (χ0) is 24.9. The predicted molar refractivity (Wildman–Crippen MR) is 131 cm³/mol. The molecule has 1 aliphatic heterocycles. The van der Waals surface area contributed by atoms with Crippen LogP contribution in [0, 0.1) is 5.92 Å². The third kappa shape index (κ3) is 4.53. The highest BCUT2D eigenvalue weighted by Crippen LogP contribution is 2.33. The number of likely N-dealkylation sites (tertiary alicyclic amines) is 1. The second-order valence-corrected chi connectivity index (χ2v) is 11.1. The number of pyridine rings is 1. The molecule has 1 saturated heterocycles. The van der Waals surface area contributed by atoms with Crippen LogP contribution in [0.1, 0.15) is 36.0 Å². The number of benzene rings is 1. The molecule has 12 heteroatoms. The molecule has 0 bridgehead atoms. The van der Waals surface area contributed by atoms with Crippen molar-refractivity contribution in [2.45, 2.75) is 30.6 Å². The number of aryl methyl sites for hydroxylation is 1. The molecule has 2 fully saturated rings. The summed E-state index contributed by atoms with van der Waals surface area (Å²) in [6, 6.07) is 5.96. The van der Waals surface area contributed by atoms with E-state index in [9.17, 15) is 22.8 Å². The van der Waals surface area contributed by atoms with Crippen molar-refractivity contribution in [3.8, 4) is 0 Å². The Kier molecular flexibility index (Phi) is 5.62. The summed E-state index contributed by atoms with van der Waals surface area (Å²) in [4.78, 5) is 43.9. The average Bonchev–Trinajstić information content (AvgIpc) is 3.43. The Morgan fingerprint density at radius 2 is 1.83 bits per heavy atom. The fourth-order valence-electron chi connectivity index (χ4n) is 4.27. The van der Waals surface area contributed by atoms with Gasteiger partial charge in [-0.15, -0.1) is 0 Å². The molecule has 5 rings (SSSR count). The summed E-state index contributed by atoms with van der Waals surface area (Å²) in [5, 5.41) is 8.86. The van der Waals surface area contributed by atoms with Crippen molar-refractivity contribution < 1.29 is 18.0 Å². The fourth-order valence-corrected chi connectivity index (χ4v) is 5.13. The minimum absolute atomic E-state index is 0.0451. The summed E-state index contributed by atoms with van der Waals surface area (Å²) in [5.41, 5.74) is 0.659. The Hall–Kier alpha value is -3.67. The Balaban J connectivity index is 1.57. The van der Waals surface area contributed by atoms with Gasteiger partial charge in [0.15, 0.2) is 15.5 Å². The van der Waals surface area contributed by atoms with Gasteiger partial charge in [0, 0.05) is 43.9 Å². The van der Waals surface area contributed by atoms with E-state index < -0.39 is 9.84 Å². The largest absolute Gasteiger partial charge is 0.354 e. The normalized spacial score (nSPS) is 16.0. The number of hydrogen-bond donors (Lipinski definition) is 3. The molecule has 11 nitrogen and oxygen atoms in total. The lowest BCUT2D eigenvalue weighted by Crippen LogP contribution is -2.27. The zero-order valence-electron chi connectivity index (χ0n) is 19.4. The maximum atomic E-state index is 12.8. The molecule has 0 unspecified atom stereocenters. The molecule has 2 aromatic heterocycles. The lowest BCUT2D eigenvalue weighted by Gasteiger charge is -2.17. The van der Waals surface area contributed by atoms with E-state index in [1.54, 1.807) is 11.0 Å². The first-order valence-electron chi connectivity index (χ1n) is 11.4. The van der Waals surface area contributed by atoms with Crippen molar-refractivity contribution in [1.82, 2.24) is 19.7 Å². The second-order valence-electron chi connectivity index (χ2n) is 9.13. The number of hydrogen-bond acceptors (Lipinski definition) is 7. The number of sulfone groups is 1. The maximum absolute atomic E-state index is 12.8. The van der Waals surface area contributed by atoms with Crippen LogP contribution in [0.15, 0.2) is 34.0 Å². The lowest BCUT2D eigenvalue weighted by molar-refractivity contribution is -0.117. The molecule has 2 aliphatic rings. The summed E-state index contributed by atoms with van der Waals surface area (Å²) in [7, 11) is -2.19. The van der Waals surface area contributed by atoms with Gasteiger partial charge in [-0.05, 0) is 43.9 Å². The van der Waals surface area contributed by atoms with Gasteiger partial charge in [0.1, 0.15) is 11.2 Å². The van der Waals surface area contributed by atoms with E-state index in [1.807, 2.05) is 0 Å². The molecule has 184 valence electrons. The smallest absolute Gasteiger partial charge is 0.277 e. The van der Waals surface area contributed by atoms with Crippen LogP contribution in [0.3, 0.4) is 0 Å². The van der Waals surface area contributed by atoms with Crippen molar-refractivity contribution in [3.05, 3.63) is 40.2 Å². The van der Waals surface area contributed by atoms with Crippen molar-refractivity contribution >= 4 is 49.9 Å². The van der Waals surface area contributed by atoms with Crippen LogP contribution in [-0.4, -0.2) is 59.2 Å². The first kappa shape index (κ1) is 23.1. The summed E-state index contributed by atoms with van der Waals surface area (Å²) >= 11 is 0. The van der Waals surface area contributed by atoms with Crippen LogP contribution in [0.5, 0.6) is 0 Å². The fraction of sp³-hybridized carbons (Fsp3) is 0.391. The van der Waals surface area contributed by atoms with Crippen LogP contribution >= 0.6 is 0 Å². The number of fused-ring (bicyclic) bond motifs is 1. The van der Waals surface area contributed by atoms with Crippen molar-refractivity contribution in [2.24, 2.45) is 13.0 Å². The molecule has 3 aromatic rings. The first-order chi connectivity index (χ1) is 16.6. The summed E-state index contributed by atoms with van der Waals surface area (Å²) < 4.78 is 26.6. The Morgan fingerprint density at radius 1 is 1.11 bits per heavy atom. The molecule has 0 spiro atoms. The number of nitrogens with zero attached hydrogens (tertiary/aromatic N) is 3. The van der Waals surface area contributed by atoms with E-state index in [-0.39, 0.29) is 62.0 Å². The number of amides is 2. The first-order valence-corrected chi connectivity index (χ1v) is 13.3. The van der Waals surface area contributed by atoms with Crippen molar-refractivity contribution in [2.75, 3.05) is 30.0 Å². The van der Waals surface area contributed by atoms with Gasteiger partial charge in [0.25, 0.3) is 11.5 Å². The van der Waals surface area contributed by atoms with Crippen LogP contribution in [0.2, 0.25) is 0 Å². The number of aromatic amines is 1. The molecule has 0 radical (unpaired) electrons. The highest BCUT2D eigenvalue weighted by molar-refractivity contribution is 7.90. The number of aromatic nitrogens is 3. The predicted octanol–water partition coefficient (Wildman–Crippen LogP) is 1.99. The lowest BCUT2D eigenvalue weighted by atomic mass is 10.1. The summed E-state index contributed by atoms with van der Waals surface area (Å²) in [6.07, 6.45) is 4.56. The molecule has 35 heavy (non-hydrogen) atoms. The van der Waals surface area contributed by atoms with E-state index in [2.05, 4.69) is 20.7 Å². The summed E-state index contributed by atoms with van der Waals surface area (Å²) in [6.45, 7) is 1.29. The number of anilines is 3. The summed E-state index contributed by atoms with van der Waals surface area (Å²) in [5.74, 6) is -0.172. The highest BCUT2D eigenvalue weighted by Gasteiger charge is 2.30. The number of nitrogens with one attached hydrogen (secondary N) is 3. The van der Waals surface area contributed by atoms with E-state index in [0.29, 0.717) is 13.1 Å². The Morgan fingerprint density at radius 3 is 2.49 bits per heavy atom. The second kappa shape index (κ2) is 8.52. The number of carbonyl (C=O) groups excluding carboxylic acids is 2. The number of carbonyl (C=O) groups is 2. The van der Waals surface area contributed by atoms with Gasteiger partial charge in [-0.2, -0.15) is 0 Å². The van der Waals surface area contributed by atoms with Gasteiger partial charge in [-0.1, -0.05) is 0 Å². The Labute approximate surface area is 201 Å². The van der Waals surface area contributed by atoms with E-state index in [4.69, 9.17) is 0 Å². The SMILES string of the molecule is Cn1[nH]c2nc(NC(=O)C3CC3)cc(Nc3ccc(C(=O)N4CCCC4)cc3S(C)(=O)=O)c2c1=O. The van der Waals surface area contributed by atoms with Crippen LogP contribution in [-0.2, 0) is 21.7 Å². The molecule has 0 atom stereocenters. The molecule has 3 heterocycles. The monoisotopic (exact) mass is 498 g/mol. The van der Waals surface area contributed by atoms with Gasteiger partial charge in [-0.3, -0.25) is 24.2 Å². The van der Waals surface area contributed by atoms with E-state index in [1.165, 1.54) is 29.9 Å². The third-order valence-electron chi connectivity index (χ3n) is 6.30. The number of rotatable bonds is 6. The van der Waals surface area contributed by atoms with Crippen molar-refractivity contribution in [1.29, 1.82) is 0 Å². The quantitative estimate of drug-likeness (QED) is 0.471. The van der Waals surface area contributed by atoms with E-state index in [0.717, 1.165) is 31.9 Å². The molecule has 1 saturated carbocycles. The van der Waals surface area contributed by atoms with Gasteiger partial charge in [0.2, 0.25) is 5.91 Å².